The molecule has 1 N–H and O–H groups in total. The molecular weight excluding hydrogens is 457 g/mol. The quantitative estimate of drug-likeness (QED) is 0.256. The van der Waals surface area contributed by atoms with Gasteiger partial charge in [-0.3, -0.25) is 4.98 Å². The molecule has 0 radical (unpaired) electrons. The first-order chi connectivity index (χ1) is 16.5. The van der Waals surface area contributed by atoms with E-state index in [4.69, 9.17) is 16.3 Å². The van der Waals surface area contributed by atoms with E-state index in [1.807, 2.05) is 41.1 Å². The van der Waals surface area contributed by atoms with Crippen molar-refractivity contribution in [2.75, 3.05) is 20.3 Å². The Hall–Kier alpha value is -3.26. The first kappa shape index (κ1) is 23.9. The molecule has 4 rings (SSSR count). The van der Waals surface area contributed by atoms with Gasteiger partial charge in [-0.15, -0.1) is 0 Å². The minimum atomic E-state index is -0.420. The van der Waals surface area contributed by atoms with E-state index >= 15 is 0 Å². The van der Waals surface area contributed by atoms with Crippen LogP contribution >= 0.6 is 11.6 Å². The summed E-state index contributed by atoms with van der Waals surface area (Å²) in [5.74, 6) is -0.686. The summed E-state index contributed by atoms with van der Waals surface area (Å²) in [4.78, 5) is 15.6. The van der Waals surface area contributed by atoms with Crippen molar-refractivity contribution in [2.24, 2.45) is 0 Å². The van der Waals surface area contributed by atoms with Gasteiger partial charge < -0.3 is 19.4 Å². The number of nitrogens with zero attached hydrogens (tertiary/aromatic N) is 2. The van der Waals surface area contributed by atoms with E-state index < -0.39 is 5.97 Å². The zero-order chi connectivity index (χ0) is 23.9. The van der Waals surface area contributed by atoms with E-state index in [0.29, 0.717) is 43.4 Å². The second kappa shape index (κ2) is 11.2. The number of benzene rings is 2. The summed E-state index contributed by atoms with van der Waals surface area (Å²) in [7, 11) is 1.33. The van der Waals surface area contributed by atoms with Crippen molar-refractivity contribution in [1.82, 2.24) is 14.9 Å². The van der Waals surface area contributed by atoms with Gasteiger partial charge in [-0.2, -0.15) is 0 Å². The van der Waals surface area contributed by atoms with Crippen LogP contribution in [0, 0.1) is 5.82 Å². The highest BCUT2D eigenvalue weighted by molar-refractivity contribution is 6.30. The lowest BCUT2D eigenvalue weighted by Crippen LogP contribution is -2.19. The van der Waals surface area contributed by atoms with Crippen molar-refractivity contribution >= 4 is 28.5 Å². The number of fused-ring (bicyclic) bond motifs is 1. The maximum atomic E-state index is 14.3. The standard InChI is InChI=1S/C26H25ClFN3O3/c1-33-26(32)19-4-7-23(30-15-19)17-34-11-9-29-14-20-12-22(28)13-25-24(20)8-10-31(25)16-18-2-5-21(27)6-3-18/h2-8,10,12-13,15,29H,9,11,14,16-17H2,1H3. The molecule has 2 aromatic carbocycles. The molecule has 6 nitrogen and oxygen atoms in total. The number of hydrogen-bond acceptors (Lipinski definition) is 5. The van der Waals surface area contributed by atoms with E-state index in [-0.39, 0.29) is 5.82 Å². The Balaban J connectivity index is 1.29. The molecule has 0 unspecified atom stereocenters. The number of carbonyl (C=O) groups excluding carboxylic acids is 1. The van der Waals surface area contributed by atoms with Crippen LogP contribution in [-0.2, 0) is 29.2 Å². The maximum absolute atomic E-state index is 14.3. The summed E-state index contributed by atoms with van der Waals surface area (Å²) in [6.07, 6.45) is 3.45. The molecule has 34 heavy (non-hydrogen) atoms. The SMILES string of the molecule is COC(=O)c1ccc(COCCNCc2cc(F)cc3c2ccn3Cc2ccc(Cl)cc2)nc1. The smallest absolute Gasteiger partial charge is 0.339 e. The lowest BCUT2D eigenvalue weighted by molar-refractivity contribution is 0.0600. The molecule has 0 amide bonds. The highest BCUT2D eigenvalue weighted by Crippen LogP contribution is 2.23. The maximum Gasteiger partial charge on any atom is 0.339 e. The van der Waals surface area contributed by atoms with Gasteiger partial charge in [0, 0.05) is 42.4 Å². The average Bonchev–Trinajstić information content (AvgIpc) is 3.24. The molecule has 0 saturated heterocycles. The summed E-state index contributed by atoms with van der Waals surface area (Å²) in [6.45, 7) is 2.56. The summed E-state index contributed by atoms with van der Waals surface area (Å²) in [5.41, 5.74) is 3.96. The third-order valence-electron chi connectivity index (χ3n) is 5.44. The van der Waals surface area contributed by atoms with Gasteiger partial charge in [0.05, 0.1) is 37.1 Å². The first-order valence-corrected chi connectivity index (χ1v) is 11.2. The molecule has 0 aliphatic heterocycles. The Kier molecular flexibility index (Phi) is 7.90. The van der Waals surface area contributed by atoms with Crippen LogP contribution < -0.4 is 5.32 Å². The van der Waals surface area contributed by atoms with E-state index in [0.717, 1.165) is 27.7 Å². The molecule has 4 aromatic rings. The van der Waals surface area contributed by atoms with Gasteiger partial charge in [0.25, 0.3) is 0 Å². The third-order valence-corrected chi connectivity index (χ3v) is 5.69. The van der Waals surface area contributed by atoms with E-state index in [1.54, 1.807) is 24.3 Å². The Bertz CT molecular complexity index is 1260. The lowest BCUT2D eigenvalue weighted by Gasteiger charge is -2.10. The molecule has 0 spiro atoms. The Morgan fingerprint density at radius 1 is 1.15 bits per heavy atom. The van der Waals surface area contributed by atoms with Crippen molar-refractivity contribution in [1.29, 1.82) is 0 Å². The highest BCUT2D eigenvalue weighted by atomic mass is 35.5. The van der Waals surface area contributed by atoms with Gasteiger partial charge in [-0.25, -0.2) is 9.18 Å². The van der Waals surface area contributed by atoms with Gasteiger partial charge in [-0.05, 0) is 53.6 Å². The number of halogens is 2. The number of nitrogens with one attached hydrogen (secondary N) is 1. The molecule has 0 bridgehead atoms. The van der Waals surface area contributed by atoms with E-state index in [1.165, 1.54) is 13.3 Å². The largest absolute Gasteiger partial charge is 0.465 e. The van der Waals surface area contributed by atoms with Crippen LogP contribution in [0.4, 0.5) is 4.39 Å². The van der Waals surface area contributed by atoms with Crippen LogP contribution in [0.1, 0.15) is 27.2 Å². The summed E-state index contributed by atoms with van der Waals surface area (Å²) < 4.78 is 26.7. The molecule has 2 heterocycles. The number of carbonyl (C=O) groups is 1. The van der Waals surface area contributed by atoms with Crippen LogP contribution in [0.3, 0.4) is 0 Å². The topological polar surface area (TPSA) is 65.4 Å². The third kappa shape index (κ3) is 5.99. The summed E-state index contributed by atoms with van der Waals surface area (Å²) in [5, 5.41) is 5.01. The summed E-state index contributed by atoms with van der Waals surface area (Å²) in [6, 6.07) is 16.2. The number of ether oxygens (including phenoxy) is 2. The number of hydrogen-bond donors (Lipinski definition) is 1. The van der Waals surface area contributed by atoms with Gasteiger partial charge in [0.1, 0.15) is 5.82 Å². The predicted octanol–water partition coefficient (Wildman–Crippen LogP) is 4.97. The van der Waals surface area contributed by atoms with Crippen LogP contribution in [0.25, 0.3) is 10.9 Å². The van der Waals surface area contributed by atoms with Gasteiger partial charge in [-0.1, -0.05) is 23.7 Å². The number of aromatic nitrogens is 2. The minimum absolute atomic E-state index is 0.266. The molecule has 0 atom stereocenters. The van der Waals surface area contributed by atoms with Crippen molar-refractivity contribution < 1.29 is 18.7 Å². The fourth-order valence-corrected chi connectivity index (χ4v) is 3.82. The van der Waals surface area contributed by atoms with E-state index in [2.05, 4.69) is 15.0 Å². The summed E-state index contributed by atoms with van der Waals surface area (Å²) >= 11 is 5.97. The van der Waals surface area contributed by atoms with Crippen molar-refractivity contribution in [2.45, 2.75) is 19.7 Å². The van der Waals surface area contributed by atoms with Crippen molar-refractivity contribution in [3.8, 4) is 0 Å². The van der Waals surface area contributed by atoms with Gasteiger partial charge in [0.15, 0.2) is 0 Å². The number of pyridine rings is 1. The highest BCUT2D eigenvalue weighted by Gasteiger charge is 2.10. The number of esters is 1. The fourth-order valence-electron chi connectivity index (χ4n) is 3.70. The first-order valence-electron chi connectivity index (χ1n) is 10.9. The average molecular weight is 482 g/mol. The molecule has 8 heteroatoms. The second-order valence-corrected chi connectivity index (χ2v) is 8.26. The van der Waals surface area contributed by atoms with Crippen molar-refractivity contribution in [3.63, 3.8) is 0 Å². The monoisotopic (exact) mass is 481 g/mol. The van der Waals surface area contributed by atoms with E-state index in [9.17, 15) is 9.18 Å². The molecule has 0 aliphatic carbocycles. The Labute approximate surface area is 202 Å². The molecule has 176 valence electrons. The lowest BCUT2D eigenvalue weighted by atomic mass is 10.1. The zero-order valence-corrected chi connectivity index (χ0v) is 19.5. The molecule has 0 saturated carbocycles. The van der Waals surface area contributed by atoms with Crippen LogP contribution in [0.5, 0.6) is 0 Å². The Morgan fingerprint density at radius 2 is 1.97 bits per heavy atom. The van der Waals surface area contributed by atoms with Gasteiger partial charge in [0.2, 0.25) is 0 Å². The number of rotatable bonds is 10. The van der Waals surface area contributed by atoms with Crippen LogP contribution in [0.2, 0.25) is 5.02 Å². The van der Waals surface area contributed by atoms with Gasteiger partial charge >= 0.3 is 5.97 Å². The van der Waals surface area contributed by atoms with Crippen molar-refractivity contribution in [3.05, 3.63) is 100 Å². The second-order valence-electron chi connectivity index (χ2n) is 7.83. The van der Waals surface area contributed by atoms with Crippen LogP contribution in [-0.4, -0.2) is 35.8 Å². The van der Waals surface area contributed by atoms with Crippen LogP contribution in [0.15, 0.2) is 67.0 Å². The Morgan fingerprint density at radius 3 is 2.71 bits per heavy atom. The number of methoxy groups -OCH3 is 1. The predicted molar refractivity (Wildman–Crippen MR) is 129 cm³/mol. The minimum Gasteiger partial charge on any atom is -0.465 e. The molecule has 0 aliphatic rings. The fraction of sp³-hybridized carbons (Fsp3) is 0.231. The molecule has 0 fully saturated rings. The molecule has 2 aromatic heterocycles. The normalized spacial score (nSPS) is 11.1. The zero-order valence-electron chi connectivity index (χ0n) is 18.8. The molecular formula is C26H25ClFN3O3.